The summed E-state index contributed by atoms with van der Waals surface area (Å²) in [6.45, 7) is 7.73. The first-order chi connectivity index (χ1) is 16.6. The highest BCUT2D eigenvalue weighted by Crippen LogP contribution is 2.34. The Morgan fingerprint density at radius 1 is 1.20 bits per heavy atom. The fourth-order valence-corrected chi connectivity index (χ4v) is 5.24. The maximum Gasteiger partial charge on any atom is 0.219 e. The molecule has 0 bridgehead atoms. The van der Waals surface area contributed by atoms with E-state index in [0.717, 1.165) is 27.8 Å². The van der Waals surface area contributed by atoms with Gasteiger partial charge in [0.15, 0.2) is 0 Å². The van der Waals surface area contributed by atoms with Gasteiger partial charge in [0.1, 0.15) is 27.3 Å². The summed E-state index contributed by atoms with van der Waals surface area (Å²) in [5.41, 5.74) is 1.96. The molecule has 10 heteroatoms. The first kappa shape index (κ1) is 25.5. The van der Waals surface area contributed by atoms with E-state index in [1.54, 1.807) is 13.1 Å². The molecule has 1 fully saturated rings. The molecule has 0 aliphatic carbocycles. The Labute approximate surface area is 206 Å². The van der Waals surface area contributed by atoms with Gasteiger partial charge in [-0.1, -0.05) is 18.2 Å². The summed E-state index contributed by atoms with van der Waals surface area (Å²) in [7, 11) is -3.17. The van der Waals surface area contributed by atoms with Crippen LogP contribution in [-0.4, -0.2) is 77.7 Å². The fourth-order valence-electron chi connectivity index (χ4n) is 4.85. The highest BCUT2D eigenvalue weighted by Gasteiger charge is 2.38. The third-order valence-corrected chi connectivity index (χ3v) is 7.63. The van der Waals surface area contributed by atoms with Gasteiger partial charge in [-0.15, -0.1) is 0 Å². The van der Waals surface area contributed by atoms with Gasteiger partial charge in [-0.25, -0.2) is 13.4 Å². The molecular formula is C25H34N4O5S. The summed E-state index contributed by atoms with van der Waals surface area (Å²) in [4.78, 5) is 23.3. The van der Waals surface area contributed by atoms with Gasteiger partial charge in [-0.3, -0.25) is 9.78 Å². The highest BCUT2D eigenvalue weighted by molar-refractivity contribution is 7.90. The molecule has 4 rings (SSSR count). The topological polar surface area (TPSA) is 104 Å². The predicted octanol–water partition coefficient (Wildman–Crippen LogP) is 3.12. The Morgan fingerprint density at radius 2 is 1.91 bits per heavy atom. The van der Waals surface area contributed by atoms with Gasteiger partial charge >= 0.3 is 0 Å². The van der Waals surface area contributed by atoms with Crippen LogP contribution in [-0.2, 0) is 30.7 Å². The number of aromatic nitrogens is 3. The van der Waals surface area contributed by atoms with Crippen LogP contribution in [0.2, 0.25) is 0 Å². The second-order valence-electron chi connectivity index (χ2n) is 9.33. The van der Waals surface area contributed by atoms with Crippen molar-refractivity contribution < 1.29 is 22.7 Å². The van der Waals surface area contributed by atoms with Crippen LogP contribution in [0.1, 0.15) is 45.5 Å². The Morgan fingerprint density at radius 3 is 2.57 bits per heavy atom. The molecule has 35 heavy (non-hydrogen) atoms. The minimum absolute atomic E-state index is 0.0329. The number of amides is 1. The second kappa shape index (κ2) is 10.2. The summed E-state index contributed by atoms with van der Waals surface area (Å²) in [5, 5.41) is 0.986. The number of pyridine rings is 1. The minimum atomic E-state index is -3.17. The zero-order chi connectivity index (χ0) is 25.2. The normalized spacial score (nSPS) is 17.2. The summed E-state index contributed by atoms with van der Waals surface area (Å²) in [6.07, 6.45) is 3.94. The van der Waals surface area contributed by atoms with E-state index in [-0.39, 0.29) is 24.4 Å². The van der Waals surface area contributed by atoms with Gasteiger partial charge in [0.25, 0.3) is 0 Å². The number of rotatable bonds is 9. The van der Waals surface area contributed by atoms with E-state index < -0.39 is 15.4 Å². The summed E-state index contributed by atoms with van der Waals surface area (Å²) < 4.78 is 38.1. The largest absolute Gasteiger partial charge is 0.372 e. The Kier molecular flexibility index (Phi) is 7.44. The highest BCUT2D eigenvalue weighted by atomic mass is 32.2. The lowest BCUT2D eigenvalue weighted by Crippen LogP contribution is -2.50. The van der Waals surface area contributed by atoms with Crippen molar-refractivity contribution in [3.8, 4) is 0 Å². The standard InChI is InChI=1S/C25H34N4O5S/c1-5-33-18(2)24-27-22-16-26-21-9-7-6-8-20(21)23(22)29(24)17-25(34-14-15-35(4,31)32)10-12-28(13-11-25)19(3)30/h6-9,16,18H,5,10-15,17H2,1-4H3. The molecule has 1 aliphatic rings. The molecule has 1 aromatic carbocycles. The van der Waals surface area contributed by atoms with Crippen molar-refractivity contribution in [2.45, 2.75) is 51.9 Å². The van der Waals surface area contributed by atoms with Crippen molar-refractivity contribution in [2.75, 3.05) is 38.3 Å². The number of hydrogen-bond acceptors (Lipinski definition) is 7. The number of hydrogen-bond donors (Lipinski definition) is 0. The van der Waals surface area contributed by atoms with Crippen molar-refractivity contribution in [1.29, 1.82) is 0 Å². The van der Waals surface area contributed by atoms with E-state index >= 15 is 0 Å². The van der Waals surface area contributed by atoms with E-state index in [1.807, 2.05) is 43.0 Å². The fraction of sp³-hybridized carbons (Fsp3) is 0.560. The van der Waals surface area contributed by atoms with Gasteiger partial charge in [0.2, 0.25) is 5.91 Å². The number of carbonyl (C=O) groups is 1. The Hall–Kier alpha value is -2.56. The lowest BCUT2D eigenvalue weighted by Gasteiger charge is -2.42. The number of ether oxygens (including phenoxy) is 2. The zero-order valence-corrected chi connectivity index (χ0v) is 21.7. The average molecular weight is 503 g/mol. The lowest BCUT2D eigenvalue weighted by atomic mass is 9.90. The van der Waals surface area contributed by atoms with Gasteiger partial charge in [-0.05, 0) is 32.8 Å². The number of carbonyl (C=O) groups excluding carboxylic acids is 1. The van der Waals surface area contributed by atoms with E-state index in [0.29, 0.717) is 39.1 Å². The Balaban J connectivity index is 1.79. The molecule has 190 valence electrons. The molecule has 1 amide bonds. The number of piperidine rings is 1. The molecule has 1 aliphatic heterocycles. The number of benzene rings is 1. The quantitative estimate of drug-likeness (QED) is 0.443. The number of fused-ring (bicyclic) bond motifs is 3. The van der Waals surface area contributed by atoms with Crippen molar-refractivity contribution in [3.05, 3.63) is 36.3 Å². The number of imidazole rings is 1. The van der Waals surface area contributed by atoms with Crippen LogP contribution < -0.4 is 0 Å². The summed E-state index contributed by atoms with van der Waals surface area (Å²) in [6, 6.07) is 7.95. The third kappa shape index (κ3) is 5.65. The van der Waals surface area contributed by atoms with Crippen LogP contribution in [0.15, 0.2) is 30.5 Å². The van der Waals surface area contributed by atoms with Crippen LogP contribution in [0.25, 0.3) is 21.9 Å². The number of likely N-dealkylation sites (tertiary alicyclic amines) is 1. The van der Waals surface area contributed by atoms with E-state index in [9.17, 15) is 13.2 Å². The summed E-state index contributed by atoms with van der Waals surface area (Å²) in [5.74, 6) is 0.760. The van der Waals surface area contributed by atoms with E-state index in [4.69, 9.17) is 14.5 Å². The lowest BCUT2D eigenvalue weighted by molar-refractivity contribution is -0.137. The predicted molar refractivity (Wildman–Crippen MR) is 135 cm³/mol. The molecule has 1 unspecified atom stereocenters. The third-order valence-electron chi connectivity index (χ3n) is 6.72. The van der Waals surface area contributed by atoms with E-state index in [1.165, 1.54) is 6.26 Å². The molecule has 3 aromatic rings. The van der Waals surface area contributed by atoms with Crippen molar-refractivity contribution in [1.82, 2.24) is 19.4 Å². The van der Waals surface area contributed by atoms with Crippen LogP contribution in [0.3, 0.4) is 0 Å². The minimum Gasteiger partial charge on any atom is -0.372 e. The molecule has 3 heterocycles. The average Bonchev–Trinajstić information content (AvgIpc) is 3.17. The van der Waals surface area contributed by atoms with Crippen LogP contribution in [0.5, 0.6) is 0 Å². The molecule has 0 spiro atoms. The van der Waals surface area contributed by atoms with E-state index in [2.05, 4.69) is 9.55 Å². The first-order valence-corrected chi connectivity index (χ1v) is 14.1. The molecule has 1 atom stereocenters. The van der Waals surface area contributed by atoms with Gasteiger partial charge in [-0.2, -0.15) is 0 Å². The molecular weight excluding hydrogens is 468 g/mol. The number of nitrogens with zero attached hydrogens (tertiary/aromatic N) is 4. The monoisotopic (exact) mass is 502 g/mol. The molecule has 1 saturated heterocycles. The SMILES string of the molecule is CCOC(C)c1nc2cnc3ccccc3c2n1CC1(OCCS(C)(=O)=O)CCN(C(C)=O)CC1. The van der Waals surface area contributed by atoms with Gasteiger partial charge in [0.05, 0.1) is 41.7 Å². The second-order valence-corrected chi connectivity index (χ2v) is 11.6. The molecule has 0 radical (unpaired) electrons. The Bertz CT molecular complexity index is 1310. The maximum atomic E-state index is 12.0. The smallest absolute Gasteiger partial charge is 0.219 e. The van der Waals surface area contributed by atoms with Crippen LogP contribution in [0.4, 0.5) is 0 Å². The maximum absolute atomic E-state index is 12.0. The van der Waals surface area contributed by atoms with Gasteiger partial charge in [0, 0.05) is 38.3 Å². The molecule has 0 saturated carbocycles. The van der Waals surface area contributed by atoms with Crippen LogP contribution >= 0.6 is 0 Å². The zero-order valence-electron chi connectivity index (χ0n) is 20.9. The number of sulfone groups is 1. The first-order valence-electron chi connectivity index (χ1n) is 12.0. The summed E-state index contributed by atoms with van der Waals surface area (Å²) >= 11 is 0. The number of para-hydroxylation sites is 1. The van der Waals surface area contributed by atoms with Crippen molar-refractivity contribution >= 4 is 37.7 Å². The van der Waals surface area contributed by atoms with Gasteiger partial charge < -0.3 is 18.9 Å². The van der Waals surface area contributed by atoms with Crippen molar-refractivity contribution in [3.63, 3.8) is 0 Å². The van der Waals surface area contributed by atoms with Crippen LogP contribution in [0, 0.1) is 0 Å². The molecule has 2 aromatic heterocycles. The molecule has 9 nitrogen and oxygen atoms in total. The molecule has 0 N–H and O–H groups in total. The van der Waals surface area contributed by atoms with Crippen molar-refractivity contribution in [2.24, 2.45) is 0 Å².